The predicted octanol–water partition coefficient (Wildman–Crippen LogP) is 0.797. The Morgan fingerprint density at radius 2 is 1.91 bits per heavy atom. The molecule has 0 aliphatic heterocycles. The molecule has 22 heavy (non-hydrogen) atoms. The highest BCUT2D eigenvalue weighted by Crippen LogP contribution is 2.04. The van der Waals surface area contributed by atoms with E-state index in [2.05, 4.69) is 10.6 Å². The summed E-state index contributed by atoms with van der Waals surface area (Å²) in [6.45, 7) is 2.26. The summed E-state index contributed by atoms with van der Waals surface area (Å²) < 4.78 is 4.95. The van der Waals surface area contributed by atoms with Crippen LogP contribution in [-0.4, -0.2) is 37.1 Å². The van der Waals surface area contributed by atoms with Gasteiger partial charge in [-0.15, -0.1) is 0 Å². The van der Waals surface area contributed by atoms with Crippen molar-refractivity contribution in [3.63, 3.8) is 0 Å². The van der Waals surface area contributed by atoms with Gasteiger partial charge in [0.2, 0.25) is 0 Å². The molecular formula is C15H21N3O4. The number of carbonyl (C=O) groups excluding carboxylic acids is 3. The van der Waals surface area contributed by atoms with E-state index >= 15 is 0 Å². The molecule has 0 unspecified atom stereocenters. The third kappa shape index (κ3) is 6.25. The van der Waals surface area contributed by atoms with Crippen molar-refractivity contribution in [3.8, 4) is 0 Å². The molecule has 0 fully saturated rings. The average molecular weight is 307 g/mol. The summed E-state index contributed by atoms with van der Waals surface area (Å²) in [5, 5.41) is 5.08. The van der Waals surface area contributed by atoms with E-state index in [1.54, 1.807) is 37.3 Å². The first kappa shape index (κ1) is 17.5. The van der Waals surface area contributed by atoms with E-state index in [-0.39, 0.29) is 12.5 Å². The fraction of sp³-hybridized carbons (Fsp3) is 0.400. The number of amides is 3. The van der Waals surface area contributed by atoms with Gasteiger partial charge >= 0.3 is 12.0 Å². The van der Waals surface area contributed by atoms with Crippen molar-refractivity contribution in [1.29, 1.82) is 0 Å². The molecule has 1 aromatic rings. The molecule has 4 N–H and O–H groups in total. The molecule has 0 aliphatic carbocycles. The molecule has 0 spiro atoms. The topological polar surface area (TPSA) is 111 Å². The number of hydrogen-bond acceptors (Lipinski definition) is 4. The van der Waals surface area contributed by atoms with Crippen molar-refractivity contribution in [1.82, 2.24) is 10.6 Å². The molecule has 7 heteroatoms. The van der Waals surface area contributed by atoms with Crippen molar-refractivity contribution in [3.05, 3.63) is 35.9 Å². The summed E-state index contributed by atoms with van der Waals surface area (Å²) in [6, 6.07) is 7.22. The summed E-state index contributed by atoms with van der Waals surface area (Å²) in [5.41, 5.74) is 5.43. The van der Waals surface area contributed by atoms with Gasteiger partial charge in [0.1, 0.15) is 6.04 Å². The van der Waals surface area contributed by atoms with Gasteiger partial charge in [-0.1, -0.05) is 18.2 Å². The predicted molar refractivity (Wildman–Crippen MR) is 81.1 cm³/mol. The largest absolute Gasteiger partial charge is 0.464 e. The SMILES string of the molecule is CCOC(=O)[C@H](CCCNC(N)=O)NC(=O)c1ccccc1. The Bertz CT molecular complexity index is 505. The number of benzene rings is 1. The minimum atomic E-state index is -0.762. The second-order valence-electron chi connectivity index (χ2n) is 4.58. The van der Waals surface area contributed by atoms with Gasteiger partial charge in [-0.3, -0.25) is 4.79 Å². The maximum Gasteiger partial charge on any atom is 0.328 e. The molecule has 0 aliphatic rings. The number of hydrogen-bond donors (Lipinski definition) is 3. The van der Waals surface area contributed by atoms with Crippen LogP contribution in [0.4, 0.5) is 4.79 Å². The Balaban J connectivity index is 2.59. The lowest BCUT2D eigenvalue weighted by molar-refractivity contribution is -0.145. The lowest BCUT2D eigenvalue weighted by Gasteiger charge is -2.17. The van der Waals surface area contributed by atoms with E-state index in [9.17, 15) is 14.4 Å². The molecule has 0 bridgehead atoms. The van der Waals surface area contributed by atoms with Crippen LogP contribution < -0.4 is 16.4 Å². The van der Waals surface area contributed by atoms with Gasteiger partial charge in [0.25, 0.3) is 5.91 Å². The summed E-state index contributed by atoms with van der Waals surface area (Å²) in [4.78, 5) is 34.6. The van der Waals surface area contributed by atoms with Crippen LogP contribution in [0.15, 0.2) is 30.3 Å². The minimum Gasteiger partial charge on any atom is -0.464 e. The Labute approximate surface area is 129 Å². The third-order valence-electron chi connectivity index (χ3n) is 2.88. The van der Waals surface area contributed by atoms with Crippen LogP contribution in [0.3, 0.4) is 0 Å². The van der Waals surface area contributed by atoms with Crippen LogP contribution in [0, 0.1) is 0 Å². The van der Waals surface area contributed by atoms with Gasteiger partial charge in [0.15, 0.2) is 0 Å². The molecule has 1 aromatic carbocycles. The average Bonchev–Trinajstić information content (AvgIpc) is 2.51. The van der Waals surface area contributed by atoms with Crippen molar-refractivity contribution in [2.75, 3.05) is 13.2 Å². The molecule has 3 amide bonds. The van der Waals surface area contributed by atoms with Gasteiger partial charge in [-0.2, -0.15) is 0 Å². The smallest absolute Gasteiger partial charge is 0.328 e. The van der Waals surface area contributed by atoms with Crippen LogP contribution >= 0.6 is 0 Å². The van der Waals surface area contributed by atoms with E-state index in [1.165, 1.54) is 0 Å². The Morgan fingerprint density at radius 1 is 1.23 bits per heavy atom. The number of rotatable bonds is 8. The quantitative estimate of drug-likeness (QED) is 0.487. The second-order valence-corrected chi connectivity index (χ2v) is 4.58. The van der Waals surface area contributed by atoms with Crippen molar-refractivity contribution < 1.29 is 19.1 Å². The van der Waals surface area contributed by atoms with Crippen molar-refractivity contribution in [2.45, 2.75) is 25.8 Å². The van der Waals surface area contributed by atoms with Gasteiger partial charge in [-0.05, 0) is 31.9 Å². The van der Waals surface area contributed by atoms with E-state index in [4.69, 9.17) is 10.5 Å². The van der Waals surface area contributed by atoms with Crippen LogP contribution in [0.2, 0.25) is 0 Å². The van der Waals surface area contributed by atoms with E-state index in [1.807, 2.05) is 0 Å². The normalized spacial score (nSPS) is 11.3. The van der Waals surface area contributed by atoms with Crippen molar-refractivity contribution >= 4 is 17.9 Å². The van der Waals surface area contributed by atoms with Gasteiger partial charge in [-0.25, -0.2) is 9.59 Å². The first-order valence-corrected chi connectivity index (χ1v) is 7.10. The molecule has 0 radical (unpaired) electrons. The minimum absolute atomic E-state index is 0.232. The lowest BCUT2D eigenvalue weighted by atomic mass is 10.1. The monoisotopic (exact) mass is 307 g/mol. The van der Waals surface area contributed by atoms with Gasteiger partial charge in [0, 0.05) is 12.1 Å². The molecule has 0 aromatic heterocycles. The second kappa shape index (κ2) is 9.38. The fourth-order valence-corrected chi connectivity index (χ4v) is 1.84. The highest BCUT2D eigenvalue weighted by molar-refractivity contribution is 5.96. The molecule has 1 atom stereocenters. The number of urea groups is 1. The third-order valence-corrected chi connectivity index (χ3v) is 2.88. The zero-order chi connectivity index (χ0) is 16.4. The number of nitrogens with one attached hydrogen (secondary N) is 2. The molecule has 1 rings (SSSR count). The van der Waals surface area contributed by atoms with Crippen LogP contribution in [-0.2, 0) is 9.53 Å². The number of primary amides is 1. The summed E-state index contributed by atoms with van der Waals surface area (Å²) in [7, 11) is 0. The highest BCUT2D eigenvalue weighted by atomic mass is 16.5. The molecule has 0 saturated carbocycles. The summed E-state index contributed by atoms with van der Waals surface area (Å²) in [6.07, 6.45) is 0.833. The molecule has 120 valence electrons. The van der Waals surface area contributed by atoms with E-state index in [0.29, 0.717) is 24.9 Å². The van der Waals surface area contributed by atoms with Gasteiger partial charge in [0.05, 0.1) is 6.61 Å². The fourth-order valence-electron chi connectivity index (χ4n) is 1.84. The molecular weight excluding hydrogens is 286 g/mol. The molecule has 0 heterocycles. The number of nitrogens with two attached hydrogens (primary N) is 1. The molecule has 0 saturated heterocycles. The Kier molecular flexibility index (Phi) is 7.45. The lowest BCUT2D eigenvalue weighted by Crippen LogP contribution is -2.42. The summed E-state index contributed by atoms with van der Waals surface area (Å²) >= 11 is 0. The van der Waals surface area contributed by atoms with Crippen LogP contribution in [0.25, 0.3) is 0 Å². The highest BCUT2D eigenvalue weighted by Gasteiger charge is 2.22. The molecule has 7 nitrogen and oxygen atoms in total. The first-order chi connectivity index (χ1) is 10.5. The van der Waals surface area contributed by atoms with E-state index in [0.717, 1.165) is 0 Å². The summed E-state index contributed by atoms with van der Waals surface area (Å²) in [5.74, 6) is -0.840. The maximum absolute atomic E-state index is 12.1. The standard InChI is InChI=1S/C15H21N3O4/c1-2-22-14(20)12(9-6-10-17-15(16)21)18-13(19)11-7-4-3-5-8-11/h3-5,7-8,12H,2,6,9-10H2,1H3,(H,18,19)(H3,16,17,21)/t12-/m0/s1. The number of esters is 1. The number of carbonyl (C=O) groups is 3. The van der Waals surface area contributed by atoms with Gasteiger partial charge < -0.3 is 21.1 Å². The van der Waals surface area contributed by atoms with Crippen LogP contribution in [0.5, 0.6) is 0 Å². The Morgan fingerprint density at radius 3 is 2.50 bits per heavy atom. The number of ether oxygens (including phenoxy) is 1. The van der Waals surface area contributed by atoms with Crippen LogP contribution in [0.1, 0.15) is 30.1 Å². The van der Waals surface area contributed by atoms with E-state index < -0.39 is 18.0 Å². The first-order valence-electron chi connectivity index (χ1n) is 7.10. The zero-order valence-corrected chi connectivity index (χ0v) is 12.5. The maximum atomic E-state index is 12.1. The Hall–Kier alpha value is -2.57. The zero-order valence-electron chi connectivity index (χ0n) is 12.5. The van der Waals surface area contributed by atoms with Crippen molar-refractivity contribution in [2.24, 2.45) is 5.73 Å².